The van der Waals surface area contributed by atoms with E-state index in [0.29, 0.717) is 0 Å². The first-order valence-corrected chi connectivity index (χ1v) is 3.93. The Morgan fingerprint density at radius 1 is 1.18 bits per heavy atom. The topological polar surface area (TPSA) is 26.0 Å². The third-order valence-electron chi connectivity index (χ3n) is 1.61. The van der Waals surface area contributed by atoms with E-state index in [4.69, 9.17) is 5.73 Å². The van der Waals surface area contributed by atoms with Gasteiger partial charge in [0.05, 0.1) is 0 Å². The maximum absolute atomic E-state index is 5.64. The molecule has 0 amide bonds. The fourth-order valence-corrected chi connectivity index (χ4v) is 1.26. The van der Waals surface area contributed by atoms with Crippen LogP contribution in [0.25, 0.3) is 0 Å². The van der Waals surface area contributed by atoms with Crippen molar-refractivity contribution >= 4 is 34.0 Å². The van der Waals surface area contributed by atoms with E-state index in [1.165, 1.54) is 11.1 Å². The molecule has 2 N–H and O–H groups in total. The molecule has 0 unspecified atom stereocenters. The molecule has 62 valence electrons. The molecule has 0 saturated heterocycles. The first-order chi connectivity index (χ1) is 4.61. The van der Waals surface area contributed by atoms with E-state index in [9.17, 15) is 0 Å². The molecule has 0 heterocycles. The average molecular weight is 237 g/mol. The zero-order chi connectivity index (χ0) is 7.72. The van der Waals surface area contributed by atoms with Gasteiger partial charge in [0, 0.05) is 10.2 Å². The van der Waals surface area contributed by atoms with Gasteiger partial charge in [-0.2, -0.15) is 0 Å². The van der Waals surface area contributed by atoms with Gasteiger partial charge in [-0.25, -0.2) is 0 Å². The number of halogens is 2. The predicted octanol–water partition coefficient (Wildman–Crippen LogP) is 3.07. The molecule has 0 aromatic heterocycles. The Bertz CT molecular complexity index is 210. The number of aryl methyl sites for hydroxylation is 2. The minimum atomic E-state index is 0. The Kier molecular flexibility index (Phi) is 3.90. The summed E-state index contributed by atoms with van der Waals surface area (Å²) >= 11 is 3.36. The van der Waals surface area contributed by atoms with Gasteiger partial charge in [0.25, 0.3) is 0 Å². The lowest BCUT2D eigenvalue weighted by Crippen LogP contribution is -1.89. The van der Waals surface area contributed by atoms with E-state index in [0.717, 1.165) is 10.2 Å². The lowest BCUT2D eigenvalue weighted by molar-refractivity contribution is 1.33. The van der Waals surface area contributed by atoms with Crippen molar-refractivity contribution in [1.29, 1.82) is 0 Å². The van der Waals surface area contributed by atoms with E-state index < -0.39 is 0 Å². The van der Waals surface area contributed by atoms with Crippen LogP contribution in [0.5, 0.6) is 0 Å². The Balaban J connectivity index is 0.000001000. The first kappa shape index (κ1) is 10.8. The van der Waals surface area contributed by atoms with Crippen LogP contribution in [0.2, 0.25) is 0 Å². The van der Waals surface area contributed by atoms with E-state index in [1.807, 2.05) is 12.1 Å². The van der Waals surface area contributed by atoms with Gasteiger partial charge in [-0.3, -0.25) is 0 Å². The molecule has 0 saturated carbocycles. The number of nitrogen functional groups attached to an aromatic ring is 1. The monoisotopic (exact) mass is 235 g/mol. The summed E-state index contributed by atoms with van der Waals surface area (Å²) in [6.45, 7) is 4.12. The molecule has 0 aliphatic carbocycles. The van der Waals surface area contributed by atoms with Crippen LogP contribution in [-0.4, -0.2) is 0 Å². The molecule has 0 fully saturated rings. The Morgan fingerprint density at radius 3 is 2.09 bits per heavy atom. The lowest BCUT2D eigenvalue weighted by atomic mass is 10.1. The minimum absolute atomic E-state index is 0. The molecule has 0 spiro atoms. The summed E-state index contributed by atoms with van der Waals surface area (Å²) in [7, 11) is 0. The minimum Gasteiger partial charge on any atom is -0.398 e. The summed E-state index contributed by atoms with van der Waals surface area (Å²) < 4.78 is 0.982. The third kappa shape index (κ3) is 2.38. The standard InChI is InChI=1S/C8H10BrN.ClH/c1-5-3-7(9)8(10)4-6(5)2;/h3-4H,10H2,1-2H3;1H. The summed E-state index contributed by atoms with van der Waals surface area (Å²) in [5.74, 6) is 0. The second-order valence-electron chi connectivity index (χ2n) is 2.46. The van der Waals surface area contributed by atoms with E-state index >= 15 is 0 Å². The van der Waals surface area contributed by atoms with Crippen molar-refractivity contribution in [1.82, 2.24) is 0 Å². The van der Waals surface area contributed by atoms with Crippen molar-refractivity contribution in [3.05, 3.63) is 27.7 Å². The summed E-state index contributed by atoms with van der Waals surface area (Å²) in [5.41, 5.74) is 8.95. The van der Waals surface area contributed by atoms with E-state index in [2.05, 4.69) is 29.8 Å². The average Bonchev–Trinajstić information content (AvgIpc) is 1.84. The Labute approximate surface area is 81.5 Å². The second-order valence-corrected chi connectivity index (χ2v) is 3.31. The number of hydrogen-bond donors (Lipinski definition) is 1. The van der Waals surface area contributed by atoms with E-state index in [1.54, 1.807) is 0 Å². The molecule has 1 aromatic rings. The number of anilines is 1. The normalized spacial score (nSPS) is 9.00. The predicted molar refractivity (Wildman–Crippen MR) is 55.3 cm³/mol. The molecular weight excluding hydrogens is 225 g/mol. The van der Waals surface area contributed by atoms with Gasteiger partial charge in [0.1, 0.15) is 0 Å². The molecule has 3 heteroatoms. The van der Waals surface area contributed by atoms with Crippen molar-refractivity contribution in [2.75, 3.05) is 5.73 Å². The van der Waals surface area contributed by atoms with Gasteiger partial charge in [0.2, 0.25) is 0 Å². The van der Waals surface area contributed by atoms with Crippen LogP contribution in [0.4, 0.5) is 5.69 Å². The molecule has 0 bridgehead atoms. The molecule has 0 aliphatic rings. The molecule has 11 heavy (non-hydrogen) atoms. The molecule has 0 radical (unpaired) electrons. The molecule has 0 atom stereocenters. The fraction of sp³-hybridized carbons (Fsp3) is 0.250. The van der Waals surface area contributed by atoms with Crippen molar-refractivity contribution in [2.45, 2.75) is 13.8 Å². The van der Waals surface area contributed by atoms with Gasteiger partial charge in [-0.05, 0) is 53.0 Å². The van der Waals surface area contributed by atoms with E-state index in [-0.39, 0.29) is 12.4 Å². The van der Waals surface area contributed by atoms with Crippen molar-refractivity contribution in [2.24, 2.45) is 0 Å². The molecular formula is C8H11BrClN. The van der Waals surface area contributed by atoms with Crippen LogP contribution in [0.15, 0.2) is 16.6 Å². The second kappa shape index (κ2) is 3.98. The highest BCUT2D eigenvalue weighted by Gasteiger charge is 1.97. The largest absolute Gasteiger partial charge is 0.398 e. The van der Waals surface area contributed by atoms with Crippen LogP contribution < -0.4 is 5.73 Å². The van der Waals surface area contributed by atoms with Crippen molar-refractivity contribution < 1.29 is 0 Å². The number of benzene rings is 1. The summed E-state index contributed by atoms with van der Waals surface area (Å²) in [4.78, 5) is 0. The van der Waals surface area contributed by atoms with Crippen molar-refractivity contribution in [3.63, 3.8) is 0 Å². The molecule has 1 rings (SSSR count). The highest BCUT2D eigenvalue weighted by molar-refractivity contribution is 9.10. The van der Waals surface area contributed by atoms with Crippen LogP contribution in [-0.2, 0) is 0 Å². The van der Waals surface area contributed by atoms with Gasteiger partial charge >= 0.3 is 0 Å². The molecule has 1 aromatic carbocycles. The van der Waals surface area contributed by atoms with Crippen LogP contribution in [0.3, 0.4) is 0 Å². The lowest BCUT2D eigenvalue weighted by Gasteiger charge is -2.02. The zero-order valence-corrected chi connectivity index (χ0v) is 8.92. The Morgan fingerprint density at radius 2 is 1.64 bits per heavy atom. The highest BCUT2D eigenvalue weighted by atomic mass is 79.9. The maximum Gasteiger partial charge on any atom is 0.0461 e. The van der Waals surface area contributed by atoms with Crippen LogP contribution >= 0.6 is 28.3 Å². The van der Waals surface area contributed by atoms with Crippen LogP contribution in [0.1, 0.15) is 11.1 Å². The summed E-state index contributed by atoms with van der Waals surface area (Å²) in [6.07, 6.45) is 0. The molecule has 0 aliphatic heterocycles. The van der Waals surface area contributed by atoms with Crippen molar-refractivity contribution in [3.8, 4) is 0 Å². The summed E-state index contributed by atoms with van der Waals surface area (Å²) in [5, 5.41) is 0. The van der Waals surface area contributed by atoms with Crippen LogP contribution in [0, 0.1) is 13.8 Å². The number of hydrogen-bond acceptors (Lipinski definition) is 1. The zero-order valence-electron chi connectivity index (χ0n) is 6.52. The smallest absolute Gasteiger partial charge is 0.0461 e. The fourth-order valence-electron chi connectivity index (χ4n) is 0.803. The molecule has 1 nitrogen and oxygen atoms in total. The van der Waals surface area contributed by atoms with Gasteiger partial charge in [-0.15, -0.1) is 12.4 Å². The van der Waals surface area contributed by atoms with Gasteiger partial charge in [0.15, 0.2) is 0 Å². The van der Waals surface area contributed by atoms with Gasteiger partial charge in [-0.1, -0.05) is 0 Å². The third-order valence-corrected chi connectivity index (χ3v) is 2.30. The SMILES string of the molecule is Cc1cc(N)c(Br)cc1C.Cl. The first-order valence-electron chi connectivity index (χ1n) is 3.13. The Hall–Kier alpha value is -0.210. The number of rotatable bonds is 0. The quantitative estimate of drug-likeness (QED) is 0.689. The maximum atomic E-state index is 5.64. The van der Waals surface area contributed by atoms with Gasteiger partial charge < -0.3 is 5.73 Å². The summed E-state index contributed by atoms with van der Waals surface area (Å²) in [6, 6.07) is 4.00. The number of nitrogens with two attached hydrogens (primary N) is 1. The highest BCUT2D eigenvalue weighted by Crippen LogP contribution is 2.22.